The van der Waals surface area contributed by atoms with Crippen molar-refractivity contribution in [3.63, 3.8) is 0 Å². The molecule has 7 nitrogen and oxygen atoms in total. The molecule has 1 aromatic heterocycles. The van der Waals surface area contributed by atoms with Crippen LogP contribution in [-0.2, 0) is 11.8 Å². The molecule has 0 bridgehead atoms. The summed E-state index contributed by atoms with van der Waals surface area (Å²) in [6, 6.07) is 20.2. The summed E-state index contributed by atoms with van der Waals surface area (Å²) < 4.78 is 6.98. The number of methoxy groups -OCH3 is 1. The van der Waals surface area contributed by atoms with Gasteiger partial charge >= 0.3 is 6.03 Å². The minimum atomic E-state index is -0.213. The van der Waals surface area contributed by atoms with Crippen molar-refractivity contribution in [2.45, 2.75) is 18.9 Å². The van der Waals surface area contributed by atoms with Crippen molar-refractivity contribution >= 4 is 11.8 Å². The van der Waals surface area contributed by atoms with Crippen molar-refractivity contribution in [1.29, 1.82) is 0 Å². The number of carbonyl (C=O) groups excluding carboxylic acids is 1. The molecule has 2 N–H and O–H groups in total. The topological polar surface area (TPSA) is 71.4 Å². The van der Waals surface area contributed by atoms with Gasteiger partial charge in [0, 0.05) is 50.8 Å². The molecule has 2 aromatic carbocycles. The zero-order chi connectivity index (χ0) is 22.5. The number of aromatic nitrogens is 2. The Labute approximate surface area is 189 Å². The van der Waals surface area contributed by atoms with Crippen molar-refractivity contribution in [2.75, 3.05) is 38.7 Å². The van der Waals surface area contributed by atoms with Gasteiger partial charge < -0.3 is 10.1 Å². The lowest BCUT2D eigenvalue weighted by Gasteiger charge is -2.20. The molecule has 7 heteroatoms. The van der Waals surface area contributed by atoms with Crippen LogP contribution in [0.15, 0.2) is 60.7 Å². The number of ether oxygens (including phenoxy) is 1. The maximum absolute atomic E-state index is 13.0. The van der Waals surface area contributed by atoms with E-state index in [4.69, 9.17) is 4.74 Å². The molecule has 2 amide bonds. The Morgan fingerprint density at radius 2 is 1.78 bits per heavy atom. The highest BCUT2D eigenvalue weighted by atomic mass is 16.5. The maximum Gasteiger partial charge on any atom is 0.320 e. The van der Waals surface area contributed by atoms with E-state index in [2.05, 4.69) is 32.8 Å². The van der Waals surface area contributed by atoms with Crippen LogP contribution in [0.5, 0.6) is 0 Å². The molecule has 1 aliphatic heterocycles. The first-order chi connectivity index (χ1) is 15.6. The summed E-state index contributed by atoms with van der Waals surface area (Å²) in [7, 11) is 3.57. The maximum atomic E-state index is 13.0. The highest BCUT2D eigenvalue weighted by molar-refractivity contribution is 5.90. The molecule has 168 valence electrons. The minimum absolute atomic E-state index is 0.0105. The van der Waals surface area contributed by atoms with Gasteiger partial charge in [0.05, 0.1) is 18.3 Å². The third-order valence-corrected chi connectivity index (χ3v) is 6.11. The number of hydrogen-bond acceptors (Lipinski definition) is 4. The Hall–Kier alpha value is -3.16. The Balaban J connectivity index is 1.48. The van der Waals surface area contributed by atoms with E-state index in [-0.39, 0.29) is 18.0 Å². The van der Waals surface area contributed by atoms with E-state index in [0.717, 1.165) is 36.5 Å². The highest BCUT2D eigenvalue weighted by Gasteiger charge is 2.34. The molecule has 0 radical (unpaired) electrons. The summed E-state index contributed by atoms with van der Waals surface area (Å²) in [5, 5.41) is 10.9. The third kappa shape index (κ3) is 4.84. The number of urea groups is 1. The van der Waals surface area contributed by atoms with E-state index >= 15 is 0 Å². The molecule has 2 unspecified atom stereocenters. The first kappa shape index (κ1) is 22.0. The number of nitrogens with one attached hydrogen (secondary N) is 2. The Bertz CT molecular complexity index is 1040. The van der Waals surface area contributed by atoms with Crippen molar-refractivity contribution in [2.24, 2.45) is 7.05 Å². The van der Waals surface area contributed by atoms with Crippen LogP contribution in [0.1, 0.15) is 17.0 Å². The van der Waals surface area contributed by atoms with Crippen LogP contribution in [0, 0.1) is 6.92 Å². The highest BCUT2D eigenvalue weighted by Crippen LogP contribution is 2.29. The van der Waals surface area contributed by atoms with Crippen molar-refractivity contribution < 1.29 is 9.53 Å². The smallest absolute Gasteiger partial charge is 0.320 e. The van der Waals surface area contributed by atoms with E-state index in [0.29, 0.717) is 12.4 Å². The number of aryl methyl sites for hydroxylation is 1. The molecule has 2 heterocycles. The van der Waals surface area contributed by atoms with Gasteiger partial charge in [-0.25, -0.2) is 4.79 Å². The summed E-state index contributed by atoms with van der Waals surface area (Å²) in [6.45, 7) is 5.19. The molecule has 1 fully saturated rings. The van der Waals surface area contributed by atoms with Gasteiger partial charge in [-0.2, -0.15) is 5.10 Å². The second-order valence-corrected chi connectivity index (χ2v) is 8.29. The molecular formula is C25H31N5O2. The zero-order valence-corrected chi connectivity index (χ0v) is 18.9. The van der Waals surface area contributed by atoms with E-state index in [1.165, 1.54) is 5.56 Å². The number of amides is 2. The summed E-state index contributed by atoms with van der Waals surface area (Å²) >= 11 is 0. The third-order valence-electron chi connectivity index (χ3n) is 6.11. The van der Waals surface area contributed by atoms with Gasteiger partial charge in [0.15, 0.2) is 0 Å². The van der Waals surface area contributed by atoms with Gasteiger partial charge in [0.25, 0.3) is 0 Å². The lowest BCUT2D eigenvalue weighted by Crippen LogP contribution is -2.42. The molecule has 1 aliphatic rings. The quantitative estimate of drug-likeness (QED) is 0.597. The molecule has 0 spiro atoms. The van der Waals surface area contributed by atoms with Crippen molar-refractivity contribution in [3.05, 3.63) is 71.8 Å². The van der Waals surface area contributed by atoms with Crippen molar-refractivity contribution in [3.8, 4) is 11.3 Å². The van der Waals surface area contributed by atoms with E-state index in [9.17, 15) is 4.79 Å². The monoisotopic (exact) mass is 433 g/mol. The standard InChI is InChI=1S/C25H31N5O2/c1-18-23(20-12-8-5-9-13-20)28-29(2)24(18)27-25(31)26-22-17-30(14-15-32-3)16-21(22)19-10-6-4-7-11-19/h4-13,21-22H,14-17H2,1-3H3,(H2,26,27,31). The largest absolute Gasteiger partial charge is 0.383 e. The lowest BCUT2D eigenvalue weighted by atomic mass is 9.94. The van der Waals surface area contributed by atoms with Crippen LogP contribution in [0.4, 0.5) is 10.6 Å². The Kier molecular flexibility index (Phi) is 6.87. The molecule has 4 rings (SSSR count). The van der Waals surface area contributed by atoms with E-state index in [1.54, 1.807) is 11.8 Å². The molecule has 1 saturated heterocycles. The van der Waals surface area contributed by atoms with Crippen LogP contribution in [0.25, 0.3) is 11.3 Å². The van der Waals surface area contributed by atoms with Gasteiger partial charge in [-0.3, -0.25) is 14.9 Å². The minimum Gasteiger partial charge on any atom is -0.383 e. The molecule has 2 atom stereocenters. The summed E-state index contributed by atoms with van der Waals surface area (Å²) in [5.74, 6) is 0.929. The fraction of sp³-hybridized carbons (Fsp3) is 0.360. The van der Waals surface area contributed by atoms with Crippen LogP contribution >= 0.6 is 0 Å². The van der Waals surface area contributed by atoms with Gasteiger partial charge in [-0.1, -0.05) is 60.7 Å². The molecule has 32 heavy (non-hydrogen) atoms. The van der Waals surface area contributed by atoms with E-state index in [1.807, 2.05) is 62.5 Å². The predicted molar refractivity (Wildman–Crippen MR) is 127 cm³/mol. The van der Waals surface area contributed by atoms with Crippen LogP contribution in [0.2, 0.25) is 0 Å². The lowest BCUT2D eigenvalue weighted by molar-refractivity contribution is 0.159. The normalized spacial score (nSPS) is 18.6. The Morgan fingerprint density at radius 1 is 1.09 bits per heavy atom. The average molecular weight is 434 g/mol. The van der Waals surface area contributed by atoms with E-state index < -0.39 is 0 Å². The SMILES string of the molecule is COCCN1CC(NC(=O)Nc2c(C)c(-c3ccccc3)nn2C)C(c2ccccc2)C1. The number of benzene rings is 2. The molecular weight excluding hydrogens is 402 g/mol. The number of anilines is 1. The number of nitrogens with zero attached hydrogens (tertiary/aromatic N) is 3. The molecule has 0 aliphatic carbocycles. The number of carbonyl (C=O) groups is 1. The summed E-state index contributed by atoms with van der Waals surface area (Å²) in [4.78, 5) is 15.4. The first-order valence-corrected chi connectivity index (χ1v) is 11.0. The number of hydrogen-bond donors (Lipinski definition) is 2. The number of likely N-dealkylation sites (tertiary alicyclic amines) is 1. The fourth-order valence-electron chi connectivity index (χ4n) is 4.46. The van der Waals surface area contributed by atoms with Gasteiger partial charge in [0.2, 0.25) is 0 Å². The van der Waals surface area contributed by atoms with Crippen LogP contribution < -0.4 is 10.6 Å². The predicted octanol–water partition coefficient (Wildman–Crippen LogP) is 3.63. The second-order valence-electron chi connectivity index (χ2n) is 8.29. The average Bonchev–Trinajstić information content (AvgIpc) is 3.34. The van der Waals surface area contributed by atoms with Crippen LogP contribution in [-0.4, -0.2) is 60.1 Å². The fourth-order valence-corrected chi connectivity index (χ4v) is 4.46. The van der Waals surface area contributed by atoms with Gasteiger partial charge in [-0.05, 0) is 12.5 Å². The number of rotatable bonds is 7. The molecule has 0 saturated carbocycles. The first-order valence-electron chi connectivity index (χ1n) is 11.0. The second kappa shape index (κ2) is 9.97. The van der Waals surface area contributed by atoms with Gasteiger partial charge in [0.1, 0.15) is 5.82 Å². The van der Waals surface area contributed by atoms with Crippen LogP contribution in [0.3, 0.4) is 0 Å². The summed E-state index contributed by atoms with van der Waals surface area (Å²) in [5.41, 5.74) is 4.09. The van der Waals surface area contributed by atoms with Gasteiger partial charge in [-0.15, -0.1) is 0 Å². The van der Waals surface area contributed by atoms with Crippen molar-refractivity contribution in [1.82, 2.24) is 20.0 Å². The summed E-state index contributed by atoms with van der Waals surface area (Å²) in [6.07, 6.45) is 0. The zero-order valence-electron chi connectivity index (χ0n) is 18.9. The molecule has 3 aromatic rings. The Morgan fingerprint density at radius 3 is 2.47 bits per heavy atom.